The molecule has 218 valence electrons. The SMILES string of the molecule is COc1cccc(CNCC(OC(=O)c2cc(C)cc(C(=O)c3ccccc3C)c2)C(N)Cc2cc(F)cc(F)c2)c1. The van der Waals surface area contributed by atoms with Crippen LogP contribution in [0.25, 0.3) is 0 Å². The van der Waals surface area contributed by atoms with Crippen molar-refractivity contribution in [2.75, 3.05) is 13.7 Å². The summed E-state index contributed by atoms with van der Waals surface area (Å²) in [5.41, 5.74) is 10.4. The predicted molar refractivity (Wildman–Crippen MR) is 158 cm³/mol. The van der Waals surface area contributed by atoms with E-state index < -0.39 is 29.7 Å². The number of carbonyl (C=O) groups is 2. The monoisotopic (exact) mass is 572 g/mol. The fourth-order valence-corrected chi connectivity index (χ4v) is 4.77. The molecule has 0 spiro atoms. The molecule has 4 aromatic rings. The summed E-state index contributed by atoms with van der Waals surface area (Å²) < 4.78 is 38.8. The first-order chi connectivity index (χ1) is 20.1. The normalized spacial score (nSPS) is 12.4. The van der Waals surface area contributed by atoms with E-state index in [0.29, 0.717) is 34.5 Å². The van der Waals surface area contributed by atoms with Crippen LogP contribution in [0, 0.1) is 25.5 Å². The lowest BCUT2D eigenvalue weighted by Gasteiger charge is -2.25. The summed E-state index contributed by atoms with van der Waals surface area (Å²) in [4.78, 5) is 26.7. The summed E-state index contributed by atoms with van der Waals surface area (Å²) in [6.07, 6.45) is -0.788. The van der Waals surface area contributed by atoms with Gasteiger partial charge in [0.15, 0.2) is 5.78 Å². The van der Waals surface area contributed by atoms with Gasteiger partial charge in [-0.25, -0.2) is 13.6 Å². The van der Waals surface area contributed by atoms with Crippen LogP contribution in [0.5, 0.6) is 5.75 Å². The van der Waals surface area contributed by atoms with Crippen LogP contribution in [0.2, 0.25) is 0 Å². The highest BCUT2D eigenvalue weighted by Crippen LogP contribution is 2.19. The molecular formula is C34H34F2N2O4. The minimum atomic E-state index is -0.856. The van der Waals surface area contributed by atoms with Gasteiger partial charge in [-0.2, -0.15) is 0 Å². The van der Waals surface area contributed by atoms with Gasteiger partial charge in [0.05, 0.1) is 12.7 Å². The van der Waals surface area contributed by atoms with Gasteiger partial charge in [-0.05, 0) is 85.0 Å². The molecule has 0 aliphatic carbocycles. The number of methoxy groups -OCH3 is 1. The van der Waals surface area contributed by atoms with E-state index >= 15 is 0 Å². The van der Waals surface area contributed by atoms with E-state index in [1.165, 1.54) is 18.2 Å². The molecule has 0 saturated heterocycles. The molecule has 0 aromatic heterocycles. The molecule has 3 N–H and O–H groups in total. The molecule has 0 aliphatic rings. The molecule has 4 rings (SSSR count). The number of ether oxygens (including phenoxy) is 2. The van der Waals surface area contributed by atoms with Crippen LogP contribution in [0.4, 0.5) is 8.78 Å². The van der Waals surface area contributed by atoms with Gasteiger partial charge >= 0.3 is 5.97 Å². The van der Waals surface area contributed by atoms with Gasteiger partial charge in [-0.1, -0.05) is 36.4 Å². The van der Waals surface area contributed by atoms with Crippen molar-refractivity contribution in [1.29, 1.82) is 0 Å². The number of carbonyl (C=O) groups excluding carboxylic acids is 2. The Bertz CT molecular complexity index is 1550. The van der Waals surface area contributed by atoms with Crippen LogP contribution in [0.1, 0.15) is 48.5 Å². The van der Waals surface area contributed by atoms with Crippen molar-refractivity contribution in [2.24, 2.45) is 5.73 Å². The minimum absolute atomic E-state index is 0.0678. The molecule has 42 heavy (non-hydrogen) atoms. The number of halogens is 2. The Morgan fingerprint density at radius 1 is 0.857 bits per heavy atom. The molecular weight excluding hydrogens is 538 g/mol. The molecule has 0 aliphatic heterocycles. The maximum atomic E-state index is 13.8. The van der Waals surface area contributed by atoms with Crippen molar-refractivity contribution in [3.63, 3.8) is 0 Å². The van der Waals surface area contributed by atoms with Crippen molar-refractivity contribution in [3.8, 4) is 5.75 Å². The summed E-state index contributed by atoms with van der Waals surface area (Å²) in [6.45, 7) is 4.25. The molecule has 0 saturated carbocycles. The molecule has 8 heteroatoms. The lowest BCUT2D eigenvalue weighted by molar-refractivity contribution is 0.0238. The maximum Gasteiger partial charge on any atom is 0.338 e. The second-order valence-corrected chi connectivity index (χ2v) is 10.3. The summed E-state index contributed by atoms with van der Waals surface area (Å²) >= 11 is 0. The first-order valence-electron chi connectivity index (χ1n) is 13.6. The van der Waals surface area contributed by atoms with E-state index in [-0.39, 0.29) is 24.3 Å². The zero-order valence-corrected chi connectivity index (χ0v) is 23.8. The molecule has 2 atom stereocenters. The molecule has 0 fully saturated rings. The maximum absolute atomic E-state index is 13.8. The fraction of sp³-hybridized carbons (Fsp3) is 0.235. The smallest absolute Gasteiger partial charge is 0.338 e. The molecule has 0 bridgehead atoms. The number of nitrogens with two attached hydrogens (primary N) is 1. The Morgan fingerprint density at radius 2 is 1.57 bits per heavy atom. The Hall–Kier alpha value is -4.40. The van der Waals surface area contributed by atoms with Crippen molar-refractivity contribution in [3.05, 3.63) is 136 Å². The number of rotatable bonds is 12. The lowest BCUT2D eigenvalue weighted by atomic mass is 9.96. The van der Waals surface area contributed by atoms with E-state index in [9.17, 15) is 18.4 Å². The van der Waals surface area contributed by atoms with Crippen LogP contribution < -0.4 is 15.8 Å². The Labute approximate surface area is 244 Å². The highest BCUT2D eigenvalue weighted by Gasteiger charge is 2.25. The third-order valence-electron chi connectivity index (χ3n) is 6.90. The van der Waals surface area contributed by atoms with Crippen LogP contribution >= 0.6 is 0 Å². The van der Waals surface area contributed by atoms with Gasteiger partial charge in [-0.15, -0.1) is 0 Å². The summed E-state index contributed by atoms with van der Waals surface area (Å²) in [5.74, 6) is -1.59. The van der Waals surface area contributed by atoms with E-state index in [2.05, 4.69) is 5.32 Å². The Morgan fingerprint density at radius 3 is 2.29 bits per heavy atom. The summed E-state index contributed by atoms with van der Waals surface area (Å²) in [6, 6.07) is 22.0. The van der Waals surface area contributed by atoms with Crippen molar-refractivity contribution in [1.82, 2.24) is 5.32 Å². The minimum Gasteiger partial charge on any atom is -0.497 e. The number of esters is 1. The number of hydrogen-bond donors (Lipinski definition) is 2. The zero-order chi connectivity index (χ0) is 30.2. The van der Waals surface area contributed by atoms with Gasteiger partial charge in [0, 0.05) is 36.3 Å². The third-order valence-corrected chi connectivity index (χ3v) is 6.90. The molecule has 0 amide bonds. The molecule has 0 heterocycles. The van der Waals surface area contributed by atoms with Crippen LogP contribution in [0.15, 0.2) is 84.9 Å². The van der Waals surface area contributed by atoms with Gasteiger partial charge < -0.3 is 20.5 Å². The predicted octanol–water partition coefficient (Wildman–Crippen LogP) is 5.71. The second-order valence-electron chi connectivity index (χ2n) is 10.3. The van der Waals surface area contributed by atoms with E-state index in [4.69, 9.17) is 15.2 Å². The van der Waals surface area contributed by atoms with Gasteiger partial charge in [0.25, 0.3) is 0 Å². The highest BCUT2D eigenvalue weighted by molar-refractivity contribution is 6.11. The molecule has 6 nitrogen and oxygen atoms in total. The Balaban J connectivity index is 1.54. The van der Waals surface area contributed by atoms with Crippen molar-refractivity contribution >= 4 is 11.8 Å². The quantitative estimate of drug-likeness (QED) is 0.167. The highest BCUT2D eigenvalue weighted by atomic mass is 19.1. The molecule has 2 unspecified atom stereocenters. The number of benzene rings is 4. The van der Waals surface area contributed by atoms with Crippen molar-refractivity contribution in [2.45, 2.75) is 39.0 Å². The summed E-state index contributed by atoms with van der Waals surface area (Å²) in [5, 5.41) is 3.25. The van der Waals surface area contributed by atoms with E-state index in [1.807, 2.05) is 43.3 Å². The zero-order valence-electron chi connectivity index (χ0n) is 23.8. The third kappa shape index (κ3) is 8.09. The van der Waals surface area contributed by atoms with Gasteiger partial charge in [0.1, 0.15) is 23.5 Å². The van der Waals surface area contributed by atoms with Crippen molar-refractivity contribution < 1.29 is 27.8 Å². The average Bonchev–Trinajstić information content (AvgIpc) is 2.95. The van der Waals surface area contributed by atoms with Crippen LogP contribution in [-0.4, -0.2) is 37.6 Å². The number of ketones is 1. The second kappa shape index (κ2) is 14.0. The van der Waals surface area contributed by atoms with E-state index in [0.717, 1.165) is 17.2 Å². The largest absolute Gasteiger partial charge is 0.497 e. The topological polar surface area (TPSA) is 90.6 Å². The standard InChI is InChI=1S/C34H34F2N2O4/c1-21-11-25(33(39)30-10-5-4-7-22(30)2)17-26(12-21)34(40)42-32(20-38-19-23-8-6-9-29(15-23)41-3)31(37)16-24-13-27(35)18-28(36)14-24/h4-15,17-18,31-32,38H,16,19-20,37H2,1-3H3. The van der Waals surface area contributed by atoms with Crippen LogP contribution in [0.3, 0.4) is 0 Å². The number of hydrogen-bond acceptors (Lipinski definition) is 6. The number of aryl methyl sites for hydroxylation is 2. The Kier molecular flexibility index (Phi) is 10.2. The first kappa shape index (κ1) is 30.6. The van der Waals surface area contributed by atoms with E-state index in [1.54, 1.807) is 38.3 Å². The molecule has 0 radical (unpaired) electrons. The summed E-state index contributed by atoms with van der Waals surface area (Å²) in [7, 11) is 1.58. The van der Waals surface area contributed by atoms with Crippen LogP contribution in [-0.2, 0) is 17.7 Å². The lowest BCUT2D eigenvalue weighted by Crippen LogP contribution is -2.46. The molecule has 4 aromatic carbocycles. The van der Waals surface area contributed by atoms with Gasteiger partial charge in [-0.3, -0.25) is 4.79 Å². The first-order valence-corrected chi connectivity index (χ1v) is 13.6. The van der Waals surface area contributed by atoms with Gasteiger partial charge in [0.2, 0.25) is 0 Å². The average molecular weight is 573 g/mol. The fourth-order valence-electron chi connectivity index (χ4n) is 4.77. The number of nitrogens with one attached hydrogen (secondary N) is 1.